The Balaban J connectivity index is 1.49. The molecular formula is C18H23N3O2S. The van der Waals surface area contributed by atoms with Crippen molar-refractivity contribution < 1.29 is 9.59 Å². The molecule has 1 N–H and O–H groups in total. The molecule has 1 aliphatic heterocycles. The van der Waals surface area contributed by atoms with Gasteiger partial charge >= 0.3 is 0 Å². The van der Waals surface area contributed by atoms with E-state index in [2.05, 4.69) is 9.88 Å². The van der Waals surface area contributed by atoms with E-state index in [-0.39, 0.29) is 11.7 Å². The van der Waals surface area contributed by atoms with Crippen LogP contribution in [0.5, 0.6) is 0 Å². The molecule has 0 saturated carbocycles. The van der Waals surface area contributed by atoms with Gasteiger partial charge in [-0.2, -0.15) is 0 Å². The number of Topliss-reactive ketones (excluding diaryl/α,β-unsaturated/α-hetero) is 1. The lowest BCUT2D eigenvalue weighted by molar-refractivity contribution is -0.132. The van der Waals surface area contributed by atoms with Gasteiger partial charge in [0, 0.05) is 48.0 Å². The van der Waals surface area contributed by atoms with Crippen LogP contribution in [0.25, 0.3) is 0 Å². The largest absolute Gasteiger partial charge is 0.362 e. The van der Waals surface area contributed by atoms with Crippen LogP contribution in [0, 0.1) is 13.8 Å². The molecule has 0 bridgehead atoms. The molecule has 0 aromatic carbocycles. The van der Waals surface area contributed by atoms with Crippen LogP contribution in [0.3, 0.4) is 0 Å². The molecule has 3 heterocycles. The van der Waals surface area contributed by atoms with Gasteiger partial charge in [-0.3, -0.25) is 14.5 Å². The highest BCUT2D eigenvalue weighted by atomic mass is 32.1. The Hall–Kier alpha value is -1.92. The zero-order valence-corrected chi connectivity index (χ0v) is 15.0. The van der Waals surface area contributed by atoms with Crippen molar-refractivity contribution in [2.45, 2.75) is 20.3 Å². The molecule has 2 aromatic heterocycles. The van der Waals surface area contributed by atoms with Gasteiger partial charge in [-0.05, 0) is 31.4 Å². The van der Waals surface area contributed by atoms with E-state index in [0.29, 0.717) is 26.1 Å². The summed E-state index contributed by atoms with van der Waals surface area (Å²) in [6, 6.07) is 5.89. The van der Waals surface area contributed by atoms with Crippen molar-refractivity contribution in [1.82, 2.24) is 14.8 Å². The van der Waals surface area contributed by atoms with Crippen LogP contribution in [0.4, 0.5) is 0 Å². The molecule has 0 atom stereocenters. The first-order chi connectivity index (χ1) is 11.5. The van der Waals surface area contributed by atoms with E-state index in [1.54, 1.807) is 11.3 Å². The van der Waals surface area contributed by atoms with Gasteiger partial charge < -0.3 is 9.88 Å². The second-order valence-corrected chi connectivity index (χ2v) is 7.36. The van der Waals surface area contributed by atoms with E-state index < -0.39 is 0 Å². The maximum absolute atomic E-state index is 12.4. The highest BCUT2D eigenvalue weighted by Gasteiger charge is 2.23. The average molecular weight is 345 g/mol. The number of nitrogens with one attached hydrogen (secondary N) is 1. The van der Waals surface area contributed by atoms with E-state index in [1.807, 2.05) is 42.3 Å². The molecule has 6 heteroatoms. The van der Waals surface area contributed by atoms with Crippen LogP contribution in [0.15, 0.2) is 23.6 Å². The van der Waals surface area contributed by atoms with Crippen molar-refractivity contribution in [1.29, 1.82) is 0 Å². The predicted octanol–water partition coefficient (Wildman–Crippen LogP) is 2.26. The molecular weight excluding hydrogens is 322 g/mol. The second kappa shape index (κ2) is 7.32. The van der Waals surface area contributed by atoms with Crippen molar-refractivity contribution in [3.8, 4) is 0 Å². The number of ketones is 1. The lowest BCUT2D eigenvalue weighted by atomic mass is 10.1. The first kappa shape index (κ1) is 16.9. The number of piperazine rings is 1. The van der Waals surface area contributed by atoms with Gasteiger partial charge in [-0.1, -0.05) is 6.07 Å². The maximum Gasteiger partial charge on any atom is 0.227 e. The number of nitrogens with zero attached hydrogens (tertiary/aromatic N) is 2. The number of carbonyl (C=O) groups excluding carboxylic acids is 2. The van der Waals surface area contributed by atoms with Crippen molar-refractivity contribution in [3.05, 3.63) is 45.4 Å². The van der Waals surface area contributed by atoms with Crippen molar-refractivity contribution in [2.75, 3.05) is 32.7 Å². The smallest absolute Gasteiger partial charge is 0.227 e. The molecule has 2 aromatic rings. The van der Waals surface area contributed by atoms with Crippen molar-refractivity contribution in [2.24, 2.45) is 0 Å². The van der Waals surface area contributed by atoms with Crippen LogP contribution in [-0.4, -0.2) is 59.2 Å². The lowest BCUT2D eigenvalue weighted by Crippen LogP contribution is -2.50. The molecule has 0 unspecified atom stereocenters. The zero-order valence-electron chi connectivity index (χ0n) is 14.2. The number of hydrogen-bond donors (Lipinski definition) is 1. The molecule has 1 fully saturated rings. The number of amides is 1. The van der Waals surface area contributed by atoms with Crippen LogP contribution < -0.4 is 0 Å². The molecule has 1 aliphatic rings. The van der Waals surface area contributed by atoms with Gasteiger partial charge in [-0.25, -0.2) is 0 Å². The monoisotopic (exact) mass is 345 g/mol. The summed E-state index contributed by atoms with van der Waals surface area (Å²) in [5.41, 5.74) is 2.73. The van der Waals surface area contributed by atoms with Gasteiger partial charge in [-0.15, -0.1) is 11.3 Å². The third kappa shape index (κ3) is 3.94. The Labute approximate surface area is 146 Å². The molecule has 0 spiro atoms. The standard InChI is InChI=1S/C18H23N3O2S/c1-13-10-16(14(2)19-13)17(22)12-20-5-7-21(8-6-20)18(23)11-15-4-3-9-24-15/h3-4,9-10,19H,5-8,11-12H2,1-2H3. The average Bonchev–Trinajstić information content (AvgIpc) is 3.17. The number of aromatic amines is 1. The molecule has 24 heavy (non-hydrogen) atoms. The normalized spacial score (nSPS) is 15.7. The molecule has 3 rings (SSSR count). The fourth-order valence-corrected chi connectivity index (χ4v) is 3.83. The van der Waals surface area contributed by atoms with Gasteiger partial charge in [0.2, 0.25) is 5.91 Å². The summed E-state index contributed by atoms with van der Waals surface area (Å²) in [5.74, 6) is 0.329. The summed E-state index contributed by atoms with van der Waals surface area (Å²) >= 11 is 1.62. The number of carbonyl (C=O) groups is 2. The van der Waals surface area contributed by atoms with E-state index in [0.717, 1.165) is 34.9 Å². The van der Waals surface area contributed by atoms with E-state index in [9.17, 15) is 9.59 Å². The van der Waals surface area contributed by atoms with Crippen LogP contribution in [0.2, 0.25) is 0 Å². The van der Waals surface area contributed by atoms with Crippen LogP contribution in [-0.2, 0) is 11.2 Å². The van der Waals surface area contributed by atoms with Crippen molar-refractivity contribution >= 4 is 23.0 Å². The fourth-order valence-electron chi connectivity index (χ4n) is 3.13. The third-order valence-corrected chi connectivity index (χ3v) is 5.32. The number of rotatable bonds is 5. The number of aryl methyl sites for hydroxylation is 2. The first-order valence-electron chi connectivity index (χ1n) is 8.25. The Morgan fingerprint density at radius 2 is 1.96 bits per heavy atom. The molecule has 5 nitrogen and oxygen atoms in total. The Morgan fingerprint density at radius 3 is 2.54 bits per heavy atom. The fraction of sp³-hybridized carbons (Fsp3) is 0.444. The Morgan fingerprint density at radius 1 is 1.21 bits per heavy atom. The summed E-state index contributed by atoms with van der Waals surface area (Å²) in [7, 11) is 0. The van der Waals surface area contributed by atoms with Crippen molar-refractivity contribution in [3.63, 3.8) is 0 Å². The second-order valence-electron chi connectivity index (χ2n) is 6.33. The number of hydrogen-bond acceptors (Lipinski definition) is 4. The van der Waals surface area contributed by atoms with Gasteiger partial charge in [0.25, 0.3) is 0 Å². The zero-order chi connectivity index (χ0) is 17.1. The number of H-pyrrole nitrogens is 1. The first-order valence-corrected chi connectivity index (χ1v) is 9.13. The summed E-state index contributed by atoms with van der Waals surface area (Å²) < 4.78 is 0. The SMILES string of the molecule is Cc1cc(C(=O)CN2CCN(C(=O)Cc3cccs3)CC2)c(C)[nH]1. The van der Waals surface area contributed by atoms with Crippen LogP contribution >= 0.6 is 11.3 Å². The minimum atomic E-state index is 0.148. The van der Waals surface area contributed by atoms with E-state index in [1.165, 1.54) is 0 Å². The molecule has 1 amide bonds. The highest BCUT2D eigenvalue weighted by molar-refractivity contribution is 7.10. The van der Waals surface area contributed by atoms with Gasteiger partial charge in [0.05, 0.1) is 13.0 Å². The quantitative estimate of drug-likeness (QED) is 0.846. The molecule has 128 valence electrons. The maximum atomic E-state index is 12.4. The van der Waals surface area contributed by atoms with Gasteiger partial charge in [0.15, 0.2) is 5.78 Å². The summed E-state index contributed by atoms with van der Waals surface area (Å²) in [5, 5.41) is 2.00. The van der Waals surface area contributed by atoms with Gasteiger partial charge in [0.1, 0.15) is 0 Å². The Bertz CT molecular complexity index is 713. The van der Waals surface area contributed by atoms with E-state index >= 15 is 0 Å². The highest BCUT2D eigenvalue weighted by Crippen LogP contribution is 2.14. The Kier molecular flexibility index (Phi) is 5.16. The third-order valence-electron chi connectivity index (χ3n) is 4.45. The van der Waals surface area contributed by atoms with E-state index in [4.69, 9.17) is 0 Å². The predicted molar refractivity (Wildman–Crippen MR) is 95.6 cm³/mol. The number of aromatic nitrogens is 1. The summed E-state index contributed by atoms with van der Waals surface area (Å²) in [4.78, 5) is 33.1. The van der Waals surface area contributed by atoms with Crippen LogP contribution in [0.1, 0.15) is 26.6 Å². The molecule has 0 aliphatic carbocycles. The minimum Gasteiger partial charge on any atom is -0.362 e. The summed E-state index contributed by atoms with van der Waals surface area (Å²) in [6.45, 7) is 7.22. The lowest BCUT2D eigenvalue weighted by Gasteiger charge is -2.34. The minimum absolute atomic E-state index is 0.148. The molecule has 0 radical (unpaired) electrons. The summed E-state index contributed by atoms with van der Waals surface area (Å²) in [6.07, 6.45) is 0.485. The molecule has 1 saturated heterocycles. The topological polar surface area (TPSA) is 56.4 Å². The number of thiophene rings is 1.